The molecule has 19 heavy (non-hydrogen) atoms. The molecule has 108 valence electrons. The predicted molar refractivity (Wildman–Crippen MR) is 69.5 cm³/mol. The maximum Gasteiger partial charge on any atom is 0.307 e. The van der Waals surface area contributed by atoms with E-state index in [1.807, 2.05) is 4.90 Å². The number of aliphatic hydroxyl groups excluding tert-OH is 1. The summed E-state index contributed by atoms with van der Waals surface area (Å²) in [5.41, 5.74) is 0. The van der Waals surface area contributed by atoms with Gasteiger partial charge in [0.05, 0.1) is 11.8 Å². The van der Waals surface area contributed by atoms with Crippen molar-refractivity contribution in [3.63, 3.8) is 0 Å². The first-order valence-electron chi connectivity index (χ1n) is 7.29. The van der Waals surface area contributed by atoms with Gasteiger partial charge in [0, 0.05) is 19.2 Å². The number of nitrogens with zero attached hydrogens (tertiary/aromatic N) is 1. The number of hydrogen-bond donors (Lipinski definition) is 2. The number of carboxylic acids is 1. The SMILES string of the molecule is O=C(O)[C@H]1CCC[C@H]1C(=O)N1CCCC1CCCO. The molecule has 0 radical (unpaired) electrons. The lowest BCUT2D eigenvalue weighted by molar-refractivity contribution is -0.149. The molecule has 2 aliphatic rings. The second-order valence-electron chi connectivity index (χ2n) is 5.68. The Labute approximate surface area is 113 Å². The van der Waals surface area contributed by atoms with Crippen LogP contribution in [0.2, 0.25) is 0 Å². The molecule has 3 atom stereocenters. The van der Waals surface area contributed by atoms with Crippen molar-refractivity contribution >= 4 is 11.9 Å². The minimum Gasteiger partial charge on any atom is -0.481 e. The Kier molecular flexibility index (Phi) is 4.80. The highest BCUT2D eigenvalue weighted by molar-refractivity contribution is 5.85. The van der Waals surface area contributed by atoms with Crippen LogP contribution in [-0.4, -0.2) is 46.2 Å². The normalized spacial score (nSPS) is 30.8. The van der Waals surface area contributed by atoms with Crippen molar-refractivity contribution in [1.29, 1.82) is 0 Å². The van der Waals surface area contributed by atoms with E-state index in [0.29, 0.717) is 19.3 Å². The van der Waals surface area contributed by atoms with Crippen LogP contribution >= 0.6 is 0 Å². The molecule has 0 spiro atoms. The molecule has 5 heteroatoms. The quantitative estimate of drug-likeness (QED) is 0.787. The summed E-state index contributed by atoms with van der Waals surface area (Å²) >= 11 is 0. The second kappa shape index (κ2) is 6.37. The van der Waals surface area contributed by atoms with E-state index in [0.717, 1.165) is 32.2 Å². The maximum atomic E-state index is 12.5. The summed E-state index contributed by atoms with van der Waals surface area (Å²) in [6.07, 6.45) is 5.68. The first-order valence-corrected chi connectivity index (χ1v) is 7.29. The summed E-state index contributed by atoms with van der Waals surface area (Å²) < 4.78 is 0. The topological polar surface area (TPSA) is 77.8 Å². The van der Waals surface area contributed by atoms with Gasteiger partial charge in [-0.25, -0.2) is 0 Å². The summed E-state index contributed by atoms with van der Waals surface area (Å²) in [6.45, 7) is 0.900. The van der Waals surface area contributed by atoms with Crippen LogP contribution in [0.15, 0.2) is 0 Å². The fourth-order valence-electron chi connectivity index (χ4n) is 3.52. The maximum absolute atomic E-state index is 12.5. The van der Waals surface area contributed by atoms with E-state index in [1.165, 1.54) is 0 Å². The molecule has 0 aromatic carbocycles. The molecule has 1 heterocycles. The van der Waals surface area contributed by atoms with Gasteiger partial charge < -0.3 is 15.1 Å². The zero-order chi connectivity index (χ0) is 13.8. The third-order valence-electron chi connectivity index (χ3n) is 4.51. The molecule has 1 aliphatic carbocycles. The van der Waals surface area contributed by atoms with Crippen molar-refractivity contribution in [3.05, 3.63) is 0 Å². The van der Waals surface area contributed by atoms with Crippen LogP contribution in [0, 0.1) is 11.8 Å². The average molecular weight is 269 g/mol. The average Bonchev–Trinajstić information content (AvgIpc) is 3.04. The van der Waals surface area contributed by atoms with E-state index in [4.69, 9.17) is 5.11 Å². The van der Waals surface area contributed by atoms with Gasteiger partial charge in [-0.15, -0.1) is 0 Å². The fraction of sp³-hybridized carbons (Fsp3) is 0.857. The van der Waals surface area contributed by atoms with Crippen molar-refractivity contribution in [2.24, 2.45) is 11.8 Å². The first kappa shape index (κ1) is 14.3. The zero-order valence-corrected chi connectivity index (χ0v) is 11.3. The molecular formula is C14H23NO4. The van der Waals surface area contributed by atoms with Gasteiger partial charge in [0.25, 0.3) is 0 Å². The number of hydrogen-bond acceptors (Lipinski definition) is 3. The smallest absolute Gasteiger partial charge is 0.307 e. The Morgan fingerprint density at radius 3 is 2.53 bits per heavy atom. The molecule has 1 unspecified atom stereocenters. The third kappa shape index (κ3) is 3.08. The summed E-state index contributed by atoms with van der Waals surface area (Å²) in [4.78, 5) is 25.6. The van der Waals surface area contributed by atoms with Crippen LogP contribution in [-0.2, 0) is 9.59 Å². The lowest BCUT2D eigenvalue weighted by Crippen LogP contribution is -2.42. The van der Waals surface area contributed by atoms with E-state index in [9.17, 15) is 14.7 Å². The molecule has 1 aliphatic heterocycles. The van der Waals surface area contributed by atoms with Gasteiger partial charge >= 0.3 is 5.97 Å². The molecule has 1 amide bonds. The first-order chi connectivity index (χ1) is 9.15. The molecule has 0 bridgehead atoms. The highest BCUT2D eigenvalue weighted by Crippen LogP contribution is 2.35. The van der Waals surface area contributed by atoms with E-state index in [2.05, 4.69) is 0 Å². The van der Waals surface area contributed by atoms with Gasteiger partial charge in [0.15, 0.2) is 0 Å². The molecule has 5 nitrogen and oxygen atoms in total. The summed E-state index contributed by atoms with van der Waals surface area (Å²) in [7, 11) is 0. The molecule has 2 fully saturated rings. The molecule has 1 saturated carbocycles. The summed E-state index contributed by atoms with van der Waals surface area (Å²) in [6, 6.07) is 0.203. The van der Waals surface area contributed by atoms with Gasteiger partial charge in [-0.1, -0.05) is 6.42 Å². The Hall–Kier alpha value is -1.10. The standard InChI is InChI=1S/C14H23NO4/c16-9-3-5-10-4-2-8-15(10)13(17)11-6-1-7-12(11)14(18)19/h10-12,16H,1-9H2,(H,18,19)/t10?,11-,12+/m1/s1. The van der Waals surface area contributed by atoms with Crippen molar-refractivity contribution in [2.75, 3.05) is 13.2 Å². The molecule has 0 aromatic rings. The van der Waals surface area contributed by atoms with Crippen molar-refractivity contribution in [3.8, 4) is 0 Å². The number of carbonyl (C=O) groups is 2. The van der Waals surface area contributed by atoms with Gasteiger partial charge in [0.1, 0.15) is 0 Å². The van der Waals surface area contributed by atoms with E-state index in [-0.39, 0.29) is 24.5 Å². The van der Waals surface area contributed by atoms with Gasteiger partial charge in [-0.2, -0.15) is 0 Å². The minimum atomic E-state index is -0.832. The number of aliphatic carboxylic acids is 1. The predicted octanol–water partition coefficient (Wildman–Crippen LogP) is 1.25. The van der Waals surface area contributed by atoms with Crippen LogP contribution in [0.5, 0.6) is 0 Å². The van der Waals surface area contributed by atoms with E-state index in [1.54, 1.807) is 0 Å². The zero-order valence-electron chi connectivity index (χ0n) is 11.3. The van der Waals surface area contributed by atoms with E-state index < -0.39 is 11.9 Å². The number of amides is 1. The van der Waals surface area contributed by atoms with Crippen molar-refractivity contribution in [2.45, 2.75) is 51.0 Å². The fourth-order valence-corrected chi connectivity index (χ4v) is 3.52. The van der Waals surface area contributed by atoms with Crippen LogP contribution in [0.1, 0.15) is 44.9 Å². The number of carbonyl (C=O) groups excluding carboxylic acids is 1. The van der Waals surface area contributed by atoms with Crippen LogP contribution in [0.25, 0.3) is 0 Å². The summed E-state index contributed by atoms with van der Waals surface area (Å²) in [5.74, 6) is -1.62. The number of carboxylic acid groups (broad SMARTS) is 1. The lowest BCUT2D eigenvalue weighted by atomic mass is 9.94. The van der Waals surface area contributed by atoms with Crippen molar-refractivity contribution < 1.29 is 19.8 Å². The summed E-state index contributed by atoms with van der Waals surface area (Å²) in [5, 5.41) is 18.1. The molecule has 1 saturated heterocycles. The largest absolute Gasteiger partial charge is 0.481 e. The van der Waals surface area contributed by atoms with Gasteiger partial charge in [-0.3, -0.25) is 9.59 Å². The molecule has 2 N–H and O–H groups in total. The second-order valence-corrected chi connectivity index (χ2v) is 5.68. The Morgan fingerprint density at radius 1 is 1.11 bits per heavy atom. The number of likely N-dealkylation sites (tertiary alicyclic amines) is 1. The van der Waals surface area contributed by atoms with Crippen LogP contribution in [0.3, 0.4) is 0 Å². The van der Waals surface area contributed by atoms with E-state index >= 15 is 0 Å². The molecule has 2 rings (SSSR count). The highest BCUT2D eigenvalue weighted by atomic mass is 16.4. The number of aliphatic hydroxyl groups is 1. The van der Waals surface area contributed by atoms with Crippen molar-refractivity contribution in [1.82, 2.24) is 4.90 Å². The minimum absolute atomic E-state index is 0.0327. The Bertz CT molecular complexity index is 344. The highest BCUT2D eigenvalue weighted by Gasteiger charge is 2.42. The van der Waals surface area contributed by atoms with Crippen LogP contribution in [0.4, 0.5) is 0 Å². The van der Waals surface area contributed by atoms with Gasteiger partial charge in [-0.05, 0) is 38.5 Å². The Balaban J connectivity index is 1.99. The lowest BCUT2D eigenvalue weighted by Gasteiger charge is -2.28. The van der Waals surface area contributed by atoms with Crippen LogP contribution < -0.4 is 0 Å². The third-order valence-corrected chi connectivity index (χ3v) is 4.51. The monoisotopic (exact) mass is 269 g/mol. The molecule has 0 aromatic heterocycles. The van der Waals surface area contributed by atoms with Gasteiger partial charge in [0.2, 0.25) is 5.91 Å². The molecular weight excluding hydrogens is 246 g/mol. The Morgan fingerprint density at radius 2 is 1.84 bits per heavy atom. The number of rotatable bonds is 5.